The van der Waals surface area contributed by atoms with Crippen molar-refractivity contribution in [3.63, 3.8) is 0 Å². The van der Waals surface area contributed by atoms with E-state index in [1.54, 1.807) is 35.3 Å². The van der Waals surface area contributed by atoms with E-state index in [1.807, 2.05) is 20.8 Å². The van der Waals surface area contributed by atoms with Crippen molar-refractivity contribution in [3.8, 4) is 5.75 Å². The average molecular weight is 296 g/mol. The Hall–Kier alpha value is -1.88. The van der Waals surface area contributed by atoms with E-state index in [1.165, 1.54) is 6.33 Å². The molecule has 0 N–H and O–H groups in total. The molecule has 0 spiro atoms. The molecule has 20 heavy (non-hydrogen) atoms. The fourth-order valence-corrected chi connectivity index (χ4v) is 1.10. The highest BCUT2D eigenvalue weighted by Gasteiger charge is 2.04. The smallest absolute Gasteiger partial charge is 0.182 e. The van der Waals surface area contributed by atoms with Crippen LogP contribution in [0.25, 0.3) is 0 Å². The van der Waals surface area contributed by atoms with Crippen LogP contribution < -0.4 is 4.74 Å². The Morgan fingerprint density at radius 2 is 1.90 bits per heavy atom. The molecule has 0 saturated heterocycles. The second-order valence-electron chi connectivity index (χ2n) is 5.15. The van der Waals surface area contributed by atoms with Crippen molar-refractivity contribution in [1.82, 2.24) is 14.8 Å². The van der Waals surface area contributed by atoms with Gasteiger partial charge in [-0.25, -0.2) is 9.67 Å². The molecule has 0 saturated carbocycles. The molecule has 0 fully saturated rings. The minimum Gasteiger partial charge on any atom is -0.471 e. The summed E-state index contributed by atoms with van der Waals surface area (Å²) < 4.78 is 7.00. The van der Waals surface area contributed by atoms with Gasteiger partial charge in [0.15, 0.2) is 6.73 Å². The van der Waals surface area contributed by atoms with Crippen molar-refractivity contribution in [2.24, 2.45) is 5.41 Å². The predicted octanol–water partition coefficient (Wildman–Crippen LogP) is 3.20. The summed E-state index contributed by atoms with van der Waals surface area (Å²) in [5.74, 6) is 0.755. The molecule has 0 bridgehead atoms. The molecule has 0 aliphatic rings. The Labute approximate surface area is 123 Å². The van der Waals surface area contributed by atoms with Gasteiger partial charge in [0.25, 0.3) is 0 Å². The highest BCUT2D eigenvalue weighted by atomic mass is 35.5. The van der Waals surface area contributed by atoms with Crippen molar-refractivity contribution < 1.29 is 9.53 Å². The third-order valence-corrected chi connectivity index (χ3v) is 2.25. The molecule has 5 nitrogen and oxygen atoms in total. The summed E-state index contributed by atoms with van der Waals surface area (Å²) in [5.41, 5.74) is -0.139. The van der Waals surface area contributed by atoms with Crippen molar-refractivity contribution in [2.45, 2.75) is 27.5 Å². The summed E-state index contributed by atoms with van der Waals surface area (Å²) in [4.78, 5) is 13.6. The Kier molecular flexibility index (Phi) is 6.18. The van der Waals surface area contributed by atoms with Crippen molar-refractivity contribution >= 4 is 17.9 Å². The fraction of sp³-hybridized carbons (Fsp3) is 0.357. The van der Waals surface area contributed by atoms with Crippen LogP contribution in [-0.4, -0.2) is 21.1 Å². The molecular formula is C14H18ClN3O2. The highest BCUT2D eigenvalue weighted by molar-refractivity contribution is 6.30. The summed E-state index contributed by atoms with van der Waals surface area (Å²) in [6.07, 6.45) is 3.99. The van der Waals surface area contributed by atoms with E-state index >= 15 is 0 Å². The summed E-state index contributed by atoms with van der Waals surface area (Å²) in [7, 11) is 0. The topological polar surface area (TPSA) is 57.0 Å². The van der Waals surface area contributed by atoms with Gasteiger partial charge < -0.3 is 9.53 Å². The number of nitrogens with zero attached hydrogens (tertiary/aromatic N) is 3. The number of ether oxygens (including phenoxy) is 1. The van der Waals surface area contributed by atoms with Crippen LogP contribution in [0.3, 0.4) is 0 Å². The van der Waals surface area contributed by atoms with Crippen LogP contribution >= 0.6 is 11.6 Å². The molecule has 0 aliphatic carbocycles. The summed E-state index contributed by atoms with van der Waals surface area (Å²) in [6, 6.07) is 7.16. The quantitative estimate of drug-likeness (QED) is 0.816. The maximum absolute atomic E-state index is 9.83. The van der Waals surface area contributed by atoms with Crippen LogP contribution in [0.1, 0.15) is 20.8 Å². The normalized spacial score (nSPS) is 10.4. The van der Waals surface area contributed by atoms with E-state index in [-0.39, 0.29) is 5.41 Å². The number of benzene rings is 1. The zero-order valence-electron chi connectivity index (χ0n) is 11.8. The Morgan fingerprint density at radius 3 is 2.35 bits per heavy atom. The minimum atomic E-state index is -0.139. The van der Waals surface area contributed by atoms with Gasteiger partial charge in [-0.2, -0.15) is 5.10 Å². The average Bonchev–Trinajstić information content (AvgIpc) is 2.91. The lowest BCUT2D eigenvalue weighted by molar-refractivity contribution is -0.113. The van der Waals surface area contributed by atoms with Gasteiger partial charge in [0.2, 0.25) is 0 Å². The van der Waals surface area contributed by atoms with Crippen LogP contribution in [0.4, 0.5) is 0 Å². The summed E-state index contributed by atoms with van der Waals surface area (Å²) >= 11 is 5.73. The predicted molar refractivity (Wildman–Crippen MR) is 77.6 cm³/mol. The molecule has 0 radical (unpaired) electrons. The van der Waals surface area contributed by atoms with Crippen molar-refractivity contribution in [3.05, 3.63) is 41.9 Å². The first-order valence-corrected chi connectivity index (χ1v) is 6.45. The van der Waals surface area contributed by atoms with Gasteiger partial charge >= 0.3 is 0 Å². The summed E-state index contributed by atoms with van der Waals surface area (Å²) in [5, 5.41) is 4.60. The molecule has 0 aliphatic heterocycles. The number of halogens is 1. The van der Waals surface area contributed by atoms with Crippen LogP contribution in [0.5, 0.6) is 5.75 Å². The van der Waals surface area contributed by atoms with E-state index in [0.717, 1.165) is 12.0 Å². The Morgan fingerprint density at radius 1 is 1.30 bits per heavy atom. The molecule has 0 amide bonds. The van der Waals surface area contributed by atoms with Gasteiger partial charge in [0.05, 0.1) is 0 Å². The van der Waals surface area contributed by atoms with E-state index in [2.05, 4.69) is 10.1 Å². The number of rotatable bonds is 3. The monoisotopic (exact) mass is 295 g/mol. The molecule has 1 aromatic heterocycles. The number of carbonyl (C=O) groups is 1. The highest BCUT2D eigenvalue weighted by Crippen LogP contribution is 2.15. The number of aldehydes is 1. The molecule has 108 valence electrons. The SMILES string of the molecule is CC(C)(C)C=O.Clc1ccc(OCn2cncn2)cc1. The van der Waals surface area contributed by atoms with Crippen molar-refractivity contribution in [1.29, 1.82) is 0 Å². The third-order valence-electron chi connectivity index (χ3n) is 2.00. The van der Waals surface area contributed by atoms with Gasteiger partial charge in [-0.1, -0.05) is 32.4 Å². The largest absolute Gasteiger partial charge is 0.471 e. The van der Waals surface area contributed by atoms with Gasteiger partial charge in [-0.15, -0.1) is 0 Å². The molecule has 2 aromatic rings. The molecule has 0 unspecified atom stereocenters. The van der Waals surface area contributed by atoms with E-state index in [0.29, 0.717) is 11.8 Å². The maximum atomic E-state index is 9.83. The van der Waals surface area contributed by atoms with Crippen LogP contribution in [-0.2, 0) is 11.5 Å². The van der Waals surface area contributed by atoms with E-state index < -0.39 is 0 Å². The Balaban J connectivity index is 0.000000286. The lowest BCUT2D eigenvalue weighted by atomic mass is 10.0. The molecular weight excluding hydrogens is 278 g/mol. The molecule has 1 aromatic carbocycles. The molecule has 2 rings (SSSR count). The van der Waals surface area contributed by atoms with Gasteiger partial charge in [-0.3, -0.25) is 0 Å². The van der Waals surface area contributed by atoms with Crippen molar-refractivity contribution in [2.75, 3.05) is 0 Å². The van der Waals surface area contributed by atoms with Crippen LogP contribution in [0.2, 0.25) is 5.02 Å². The number of hydrogen-bond acceptors (Lipinski definition) is 4. The first kappa shape index (κ1) is 16.2. The van der Waals surface area contributed by atoms with E-state index in [4.69, 9.17) is 16.3 Å². The number of aromatic nitrogens is 3. The zero-order chi connectivity index (χ0) is 15.0. The maximum Gasteiger partial charge on any atom is 0.182 e. The van der Waals surface area contributed by atoms with Gasteiger partial charge in [-0.05, 0) is 24.3 Å². The Bertz CT molecular complexity index is 504. The standard InChI is InChI=1S/C9H8ClN3O.C5H10O/c10-8-1-3-9(4-2-8)14-7-13-6-11-5-12-13;1-5(2,3)4-6/h1-6H,7H2;4H,1-3H3. The van der Waals surface area contributed by atoms with Crippen LogP contribution in [0, 0.1) is 5.41 Å². The molecule has 0 atom stereocenters. The second-order valence-corrected chi connectivity index (χ2v) is 5.58. The fourth-order valence-electron chi connectivity index (χ4n) is 0.971. The summed E-state index contributed by atoms with van der Waals surface area (Å²) in [6.45, 7) is 5.97. The third kappa shape index (κ3) is 6.89. The minimum absolute atomic E-state index is 0.139. The molecule has 1 heterocycles. The van der Waals surface area contributed by atoms with Gasteiger partial charge in [0, 0.05) is 10.4 Å². The number of carbonyl (C=O) groups excluding carboxylic acids is 1. The lowest BCUT2D eigenvalue weighted by Gasteiger charge is -2.04. The number of hydrogen-bond donors (Lipinski definition) is 0. The first-order valence-electron chi connectivity index (χ1n) is 6.08. The second kappa shape index (κ2) is 7.65. The van der Waals surface area contributed by atoms with Gasteiger partial charge in [0.1, 0.15) is 24.7 Å². The van der Waals surface area contributed by atoms with E-state index in [9.17, 15) is 4.79 Å². The lowest BCUT2D eigenvalue weighted by Crippen LogP contribution is -2.05. The first-order chi connectivity index (χ1) is 9.40. The zero-order valence-corrected chi connectivity index (χ0v) is 12.5. The molecule has 6 heteroatoms. The van der Waals surface area contributed by atoms with Crippen LogP contribution in [0.15, 0.2) is 36.9 Å².